The topological polar surface area (TPSA) is 59.9 Å². The van der Waals surface area contributed by atoms with Gasteiger partial charge >= 0.3 is 0 Å². The summed E-state index contributed by atoms with van der Waals surface area (Å²) in [7, 11) is 0. The highest BCUT2D eigenvalue weighted by Crippen LogP contribution is 2.31. The van der Waals surface area contributed by atoms with Crippen molar-refractivity contribution in [3.8, 4) is 11.5 Å². The van der Waals surface area contributed by atoms with Gasteiger partial charge in [-0.15, -0.1) is 0 Å². The molecule has 0 saturated carbocycles. The quantitative estimate of drug-likeness (QED) is 0.845. The summed E-state index contributed by atoms with van der Waals surface area (Å²) in [4.78, 5) is 16.7. The van der Waals surface area contributed by atoms with Gasteiger partial charge in [0.25, 0.3) is 5.91 Å². The SMILES string of the molecule is Cc1ccccc1CCC1=N/C(=C/c2ccc3c(c2)OCCCO3)C(=O)N1. The van der Waals surface area contributed by atoms with Crippen molar-refractivity contribution in [1.29, 1.82) is 0 Å². The lowest BCUT2D eigenvalue weighted by molar-refractivity contribution is -0.115. The van der Waals surface area contributed by atoms with Crippen LogP contribution in [0.15, 0.2) is 53.2 Å². The summed E-state index contributed by atoms with van der Waals surface area (Å²) in [6.45, 7) is 3.39. The van der Waals surface area contributed by atoms with Crippen molar-refractivity contribution in [3.05, 3.63) is 64.9 Å². The number of aryl methyl sites for hydroxylation is 2. The zero-order valence-corrected chi connectivity index (χ0v) is 15.3. The van der Waals surface area contributed by atoms with Crippen molar-refractivity contribution < 1.29 is 14.3 Å². The third-order valence-electron chi connectivity index (χ3n) is 4.71. The van der Waals surface area contributed by atoms with Gasteiger partial charge in [-0.3, -0.25) is 4.79 Å². The Morgan fingerprint density at radius 2 is 1.89 bits per heavy atom. The Morgan fingerprint density at radius 1 is 1.07 bits per heavy atom. The first-order valence-electron chi connectivity index (χ1n) is 9.24. The normalized spacial score (nSPS) is 17.4. The van der Waals surface area contributed by atoms with E-state index in [2.05, 4.69) is 29.4 Å². The number of carbonyl (C=O) groups is 1. The van der Waals surface area contributed by atoms with Crippen LogP contribution >= 0.6 is 0 Å². The molecular weight excluding hydrogens is 340 g/mol. The number of amides is 1. The van der Waals surface area contributed by atoms with Crippen LogP contribution in [0.25, 0.3) is 6.08 Å². The van der Waals surface area contributed by atoms with Crippen LogP contribution in [0.3, 0.4) is 0 Å². The van der Waals surface area contributed by atoms with Crippen LogP contribution in [-0.2, 0) is 11.2 Å². The lowest BCUT2D eigenvalue weighted by Gasteiger charge is -2.07. The van der Waals surface area contributed by atoms with Gasteiger partial charge < -0.3 is 14.8 Å². The van der Waals surface area contributed by atoms with E-state index in [0.29, 0.717) is 36.9 Å². The molecule has 0 aromatic heterocycles. The molecule has 2 heterocycles. The molecule has 2 aliphatic heterocycles. The highest BCUT2D eigenvalue weighted by molar-refractivity contribution is 6.14. The molecular formula is C22H22N2O3. The molecule has 0 unspecified atom stereocenters. The zero-order valence-electron chi connectivity index (χ0n) is 15.3. The second kappa shape index (κ2) is 7.66. The van der Waals surface area contributed by atoms with Crippen molar-refractivity contribution in [2.24, 2.45) is 4.99 Å². The highest BCUT2D eigenvalue weighted by Gasteiger charge is 2.20. The number of fused-ring (bicyclic) bond motifs is 1. The number of aliphatic imine (C=N–C) groups is 1. The molecule has 5 nitrogen and oxygen atoms in total. The molecule has 4 rings (SSSR count). The number of ether oxygens (including phenoxy) is 2. The van der Waals surface area contributed by atoms with Crippen LogP contribution in [0.2, 0.25) is 0 Å². The van der Waals surface area contributed by atoms with Gasteiger partial charge in [-0.1, -0.05) is 30.3 Å². The van der Waals surface area contributed by atoms with Gasteiger partial charge in [-0.2, -0.15) is 0 Å². The maximum Gasteiger partial charge on any atom is 0.275 e. The van der Waals surface area contributed by atoms with E-state index in [1.807, 2.05) is 30.3 Å². The predicted octanol–water partition coefficient (Wildman–Crippen LogP) is 3.66. The molecule has 0 spiro atoms. The van der Waals surface area contributed by atoms with Crippen LogP contribution in [0.5, 0.6) is 11.5 Å². The molecule has 0 saturated heterocycles. The van der Waals surface area contributed by atoms with Crippen molar-refractivity contribution in [2.45, 2.75) is 26.2 Å². The minimum absolute atomic E-state index is 0.165. The molecule has 0 bridgehead atoms. The largest absolute Gasteiger partial charge is 0.490 e. The van der Waals surface area contributed by atoms with Crippen LogP contribution < -0.4 is 14.8 Å². The summed E-state index contributed by atoms with van der Waals surface area (Å²) in [6, 6.07) is 14.0. The fourth-order valence-electron chi connectivity index (χ4n) is 3.21. The number of benzene rings is 2. The smallest absolute Gasteiger partial charge is 0.275 e. The Bertz CT molecular complexity index is 931. The van der Waals surface area contributed by atoms with E-state index in [9.17, 15) is 4.79 Å². The third-order valence-corrected chi connectivity index (χ3v) is 4.71. The number of hydrogen-bond donors (Lipinski definition) is 1. The van der Waals surface area contributed by atoms with Gasteiger partial charge in [-0.05, 0) is 48.2 Å². The average Bonchev–Trinajstić information content (AvgIpc) is 2.87. The van der Waals surface area contributed by atoms with Crippen LogP contribution in [0.1, 0.15) is 29.5 Å². The molecule has 2 aliphatic rings. The van der Waals surface area contributed by atoms with Crippen LogP contribution in [-0.4, -0.2) is 25.0 Å². The molecule has 0 radical (unpaired) electrons. The minimum atomic E-state index is -0.165. The van der Waals surface area contributed by atoms with Crippen molar-refractivity contribution >= 4 is 17.8 Å². The van der Waals surface area contributed by atoms with E-state index in [0.717, 1.165) is 24.2 Å². The summed E-state index contributed by atoms with van der Waals surface area (Å²) in [5.74, 6) is 2.00. The molecule has 138 valence electrons. The van der Waals surface area contributed by atoms with Gasteiger partial charge in [0, 0.05) is 12.8 Å². The Labute approximate surface area is 158 Å². The lowest BCUT2D eigenvalue weighted by Crippen LogP contribution is -2.24. The van der Waals surface area contributed by atoms with Gasteiger partial charge in [0.1, 0.15) is 11.5 Å². The number of nitrogens with one attached hydrogen (secondary N) is 1. The molecule has 0 atom stereocenters. The molecule has 2 aromatic carbocycles. The van der Waals surface area contributed by atoms with Crippen LogP contribution in [0.4, 0.5) is 0 Å². The van der Waals surface area contributed by atoms with Crippen molar-refractivity contribution in [2.75, 3.05) is 13.2 Å². The van der Waals surface area contributed by atoms with Gasteiger partial charge in [0.15, 0.2) is 11.5 Å². The Hall–Kier alpha value is -3.08. The molecule has 0 fully saturated rings. The first-order chi connectivity index (χ1) is 13.2. The van der Waals surface area contributed by atoms with Crippen molar-refractivity contribution in [3.63, 3.8) is 0 Å². The third kappa shape index (κ3) is 4.03. The monoisotopic (exact) mass is 362 g/mol. The Morgan fingerprint density at radius 3 is 2.74 bits per heavy atom. The average molecular weight is 362 g/mol. The molecule has 0 aliphatic carbocycles. The summed E-state index contributed by atoms with van der Waals surface area (Å²) in [6.07, 6.45) is 4.20. The molecule has 1 amide bonds. The first-order valence-corrected chi connectivity index (χ1v) is 9.24. The maximum absolute atomic E-state index is 12.3. The highest BCUT2D eigenvalue weighted by atomic mass is 16.5. The summed E-state index contributed by atoms with van der Waals surface area (Å²) < 4.78 is 11.4. The van der Waals surface area contributed by atoms with E-state index in [1.165, 1.54) is 11.1 Å². The fraction of sp³-hybridized carbons (Fsp3) is 0.273. The zero-order chi connectivity index (χ0) is 18.6. The summed E-state index contributed by atoms with van der Waals surface area (Å²) >= 11 is 0. The molecule has 2 aromatic rings. The van der Waals surface area contributed by atoms with E-state index in [1.54, 1.807) is 6.08 Å². The Balaban J connectivity index is 1.49. The summed E-state index contributed by atoms with van der Waals surface area (Å²) in [5, 5.41) is 2.87. The number of nitrogens with zero attached hydrogens (tertiary/aromatic N) is 1. The maximum atomic E-state index is 12.3. The number of rotatable bonds is 4. The van der Waals surface area contributed by atoms with E-state index in [4.69, 9.17) is 9.47 Å². The lowest BCUT2D eigenvalue weighted by atomic mass is 10.0. The van der Waals surface area contributed by atoms with E-state index >= 15 is 0 Å². The van der Waals surface area contributed by atoms with Gasteiger partial charge in [0.2, 0.25) is 0 Å². The van der Waals surface area contributed by atoms with Gasteiger partial charge in [0.05, 0.1) is 13.2 Å². The molecule has 1 N–H and O–H groups in total. The van der Waals surface area contributed by atoms with Gasteiger partial charge in [-0.25, -0.2) is 4.99 Å². The van der Waals surface area contributed by atoms with E-state index < -0.39 is 0 Å². The number of carbonyl (C=O) groups excluding carboxylic acids is 1. The Kier molecular flexibility index (Phi) is 4.92. The number of hydrogen-bond acceptors (Lipinski definition) is 4. The second-order valence-corrected chi connectivity index (χ2v) is 6.73. The molecule has 27 heavy (non-hydrogen) atoms. The minimum Gasteiger partial charge on any atom is -0.490 e. The predicted molar refractivity (Wildman–Crippen MR) is 105 cm³/mol. The first kappa shape index (κ1) is 17.3. The van der Waals surface area contributed by atoms with E-state index in [-0.39, 0.29) is 5.91 Å². The van der Waals surface area contributed by atoms with Crippen LogP contribution in [0, 0.1) is 6.92 Å². The summed E-state index contributed by atoms with van der Waals surface area (Å²) in [5.41, 5.74) is 3.82. The molecule has 5 heteroatoms. The second-order valence-electron chi connectivity index (χ2n) is 6.73. The number of amidine groups is 1. The standard InChI is InChI=1S/C22H22N2O3/c1-15-5-2-3-6-17(15)8-10-21-23-18(22(25)24-21)13-16-7-9-19-20(14-16)27-12-4-11-26-19/h2-3,5-7,9,13-14H,4,8,10-12H2,1H3,(H,23,24,25)/b18-13+. The fourth-order valence-corrected chi connectivity index (χ4v) is 3.21. The van der Waals surface area contributed by atoms with Crippen molar-refractivity contribution in [1.82, 2.24) is 5.32 Å².